The molecule has 7 heteroatoms. The van der Waals surface area contributed by atoms with Crippen LogP contribution < -0.4 is 10.5 Å². The summed E-state index contributed by atoms with van der Waals surface area (Å²) in [5.41, 5.74) is 8.96. The molecule has 2 bridgehead atoms. The van der Waals surface area contributed by atoms with Crippen LogP contribution in [0.3, 0.4) is 0 Å². The number of nitrogens with zero attached hydrogens (tertiary/aromatic N) is 2. The van der Waals surface area contributed by atoms with Gasteiger partial charge in [0.15, 0.2) is 5.69 Å². The zero-order valence-corrected chi connectivity index (χ0v) is 17.2. The largest absolute Gasteiger partial charge is 0.486 e. The van der Waals surface area contributed by atoms with Crippen molar-refractivity contribution < 1.29 is 9.53 Å². The van der Waals surface area contributed by atoms with Gasteiger partial charge in [-0.2, -0.15) is 0 Å². The third kappa shape index (κ3) is 2.74. The summed E-state index contributed by atoms with van der Waals surface area (Å²) in [5, 5.41) is 0.525. The SMILES string of the molecule is NC(=O)c1nc2n(c1COc1ccccc1Cl)C1CC(C1)c1ccc(Br)cc1-2. The monoisotopic (exact) mass is 457 g/mol. The van der Waals surface area contributed by atoms with Gasteiger partial charge in [-0.05, 0) is 48.6 Å². The van der Waals surface area contributed by atoms with E-state index in [1.165, 1.54) is 5.56 Å². The van der Waals surface area contributed by atoms with Crippen LogP contribution in [0.4, 0.5) is 0 Å². The van der Waals surface area contributed by atoms with Crippen LogP contribution in [0.25, 0.3) is 11.4 Å². The Labute approximate surface area is 175 Å². The van der Waals surface area contributed by atoms with Crippen molar-refractivity contribution in [1.29, 1.82) is 0 Å². The second kappa shape index (κ2) is 6.64. The number of ether oxygens (including phenoxy) is 1. The van der Waals surface area contributed by atoms with Gasteiger partial charge < -0.3 is 15.0 Å². The first kappa shape index (κ1) is 17.8. The van der Waals surface area contributed by atoms with Crippen molar-refractivity contribution in [3.8, 4) is 17.1 Å². The van der Waals surface area contributed by atoms with Crippen LogP contribution in [0, 0.1) is 0 Å². The Balaban J connectivity index is 1.63. The molecule has 0 unspecified atom stereocenters. The minimum Gasteiger partial charge on any atom is -0.486 e. The Kier molecular flexibility index (Phi) is 4.21. The molecule has 142 valence electrons. The quantitative estimate of drug-likeness (QED) is 0.593. The highest BCUT2D eigenvalue weighted by atomic mass is 79.9. The number of nitrogens with two attached hydrogens (primary N) is 1. The summed E-state index contributed by atoms with van der Waals surface area (Å²) >= 11 is 9.77. The zero-order valence-electron chi connectivity index (χ0n) is 14.9. The minimum atomic E-state index is -0.550. The average Bonchev–Trinajstić information content (AvgIpc) is 2.88. The number of amides is 1. The first-order valence-corrected chi connectivity index (χ1v) is 10.3. The second-order valence-corrected chi connectivity index (χ2v) is 8.56. The predicted molar refractivity (Wildman–Crippen MR) is 111 cm³/mol. The molecule has 0 saturated heterocycles. The van der Waals surface area contributed by atoms with Gasteiger partial charge in [0, 0.05) is 16.1 Å². The van der Waals surface area contributed by atoms with Crippen LogP contribution in [0.5, 0.6) is 5.75 Å². The fourth-order valence-corrected chi connectivity index (χ4v) is 4.77. The number of aromatic nitrogens is 2. The highest BCUT2D eigenvalue weighted by molar-refractivity contribution is 9.10. The minimum absolute atomic E-state index is 0.180. The van der Waals surface area contributed by atoms with Crippen molar-refractivity contribution in [3.05, 3.63) is 68.9 Å². The molecule has 3 aliphatic rings. The number of imidazole rings is 1. The van der Waals surface area contributed by atoms with Crippen molar-refractivity contribution in [2.75, 3.05) is 0 Å². The summed E-state index contributed by atoms with van der Waals surface area (Å²) in [5.74, 6) is 1.32. The maximum Gasteiger partial charge on any atom is 0.269 e. The third-order valence-corrected chi connectivity index (χ3v) is 6.42. The standard InChI is InChI=1S/C21H17BrClN3O2/c22-12-5-6-14-11-7-13(8-11)26-17(10-28-18-4-2-1-3-16(18)23)19(20(24)27)25-21(26)15(14)9-12/h1-6,9,11,13H,7-8,10H2,(H2,24,27). The van der Waals surface area contributed by atoms with E-state index in [9.17, 15) is 4.79 Å². The molecule has 1 aliphatic carbocycles. The van der Waals surface area contributed by atoms with Gasteiger partial charge in [0.1, 0.15) is 18.2 Å². The van der Waals surface area contributed by atoms with Gasteiger partial charge in [-0.3, -0.25) is 4.79 Å². The van der Waals surface area contributed by atoms with Gasteiger partial charge in [0.05, 0.1) is 10.7 Å². The molecule has 5 nitrogen and oxygen atoms in total. The Bertz CT molecular complexity index is 1110. The Morgan fingerprint density at radius 3 is 2.82 bits per heavy atom. The number of hydrogen-bond donors (Lipinski definition) is 1. The van der Waals surface area contributed by atoms with E-state index in [0.717, 1.165) is 28.7 Å². The number of carbonyl (C=O) groups excluding carboxylic acids is 1. The molecule has 1 fully saturated rings. The molecule has 6 rings (SSSR count). The zero-order chi connectivity index (χ0) is 19.4. The predicted octanol–water partition coefficient (Wildman–Crippen LogP) is 5.08. The van der Waals surface area contributed by atoms with E-state index in [1.54, 1.807) is 12.1 Å². The molecular weight excluding hydrogens is 442 g/mol. The maximum absolute atomic E-state index is 12.2. The number of primary amides is 1. The molecule has 1 aromatic heterocycles. The van der Waals surface area contributed by atoms with Gasteiger partial charge in [0.2, 0.25) is 0 Å². The van der Waals surface area contributed by atoms with E-state index in [0.29, 0.717) is 22.4 Å². The summed E-state index contributed by atoms with van der Waals surface area (Å²) in [4.78, 5) is 16.8. The molecular formula is C21H17BrClN3O2. The second-order valence-electron chi connectivity index (χ2n) is 7.24. The lowest BCUT2D eigenvalue weighted by atomic mass is 9.75. The van der Waals surface area contributed by atoms with Crippen molar-refractivity contribution in [2.45, 2.75) is 31.4 Å². The summed E-state index contributed by atoms with van der Waals surface area (Å²) < 4.78 is 9.07. The molecule has 0 atom stereocenters. The normalized spacial score (nSPS) is 19.2. The van der Waals surface area contributed by atoms with Crippen molar-refractivity contribution in [1.82, 2.24) is 9.55 Å². The molecule has 0 spiro atoms. The lowest BCUT2D eigenvalue weighted by Crippen LogP contribution is -2.26. The highest BCUT2D eigenvalue weighted by Crippen LogP contribution is 2.53. The Morgan fingerprint density at radius 1 is 1.29 bits per heavy atom. The fraction of sp³-hybridized carbons (Fsp3) is 0.238. The van der Waals surface area contributed by atoms with Crippen LogP contribution in [-0.4, -0.2) is 15.5 Å². The van der Waals surface area contributed by atoms with Gasteiger partial charge in [-0.25, -0.2) is 4.98 Å². The average molecular weight is 459 g/mol. The Hall–Kier alpha value is -2.31. The number of rotatable bonds is 4. The van der Waals surface area contributed by atoms with Crippen molar-refractivity contribution in [2.24, 2.45) is 5.73 Å². The molecule has 2 aliphatic heterocycles. The van der Waals surface area contributed by atoms with E-state index in [-0.39, 0.29) is 18.3 Å². The molecule has 2 N–H and O–H groups in total. The number of halogens is 2. The fourth-order valence-electron chi connectivity index (χ4n) is 4.22. The topological polar surface area (TPSA) is 70.1 Å². The molecule has 28 heavy (non-hydrogen) atoms. The van der Waals surface area contributed by atoms with Gasteiger partial charge in [-0.1, -0.05) is 45.7 Å². The van der Waals surface area contributed by atoms with E-state index in [1.807, 2.05) is 12.1 Å². The molecule has 0 radical (unpaired) electrons. The van der Waals surface area contributed by atoms with Crippen LogP contribution in [0.2, 0.25) is 5.02 Å². The van der Waals surface area contributed by atoms with Crippen LogP contribution >= 0.6 is 27.5 Å². The summed E-state index contributed by atoms with van der Waals surface area (Å²) in [7, 11) is 0. The molecule has 1 amide bonds. The first-order valence-electron chi connectivity index (χ1n) is 9.11. The van der Waals surface area contributed by atoms with Gasteiger partial charge in [0.25, 0.3) is 5.91 Å². The van der Waals surface area contributed by atoms with Gasteiger partial charge >= 0.3 is 0 Å². The summed E-state index contributed by atoms with van der Waals surface area (Å²) in [6.45, 7) is 0.180. The van der Waals surface area contributed by atoms with E-state index < -0.39 is 5.91 Å². The molecule has 2 aromatic carbocycles. The van der Waals surface area contributed by atoms with Crippen molar-refractivity contribution >= 4 is 33.4 Å². The Morgan fingerprint density at radius 2 is 2.07 bits per heavy atom. The smallest absolute Gasteiger partial charge is 0.269 e. The maximum atomic E-state index is 12.2. The van der Waals surface area contributed by atoms with Gasteiger partial charge in [-0.15, -0.1) is 0 Å². The van der Waals surface area contributed by atoms with Crippen LogP contribution in [0.15, 0.2) is 46.9 Å². The summed E-state index contributed by atoms with van der Waals surface area (Å²) in [6, 6.07) is 13.8. The number of hydrogen-bond acceptors (Lipinski definition) is 3. The third-order valence-electron chi connectivity index (χ3n) is 5.62. The molecule has 1 saturated carbocycles. The lowest BCUT2D eigenvalue weighted by molar-refractivity contribution is 0.0992. The molecule has 3 aromatic rings. The number of carbonyl (C=O) groups is 1. The van der Waals surface area contributed by atoms with Crippen LogP contribution in [-0.2, 0) is 6.61 Å². The highest BCUT2D eigenvalue weighted by Gasteiger charge is 2.41. The van der Waals surface area contributed by atoms with E-state index >= 15 is 0 Å². The molecule has 3 heterocycles. The summed E-state index contributed by atoms with van der Waals surface area (Å²) in [6.07, 6.45) is 2.05. The van der Waals surface area contributed by atoms with Crippen LogP contribution in [0.1, 0.15) is 46.5 Å². The van der Waals surface area contributed by atoms with Crippen molar-refractivity contribution in [3.63, 3.8) is 0 Å². The first-order chi connectivity index (χ1) is 13.5. The number of benzene rings is 2. The van der Waals surface area contributed by atoms with E-state index in [4.69, 9.17) is 22.1 Å². The lowest BCUT2D eigenvalue weighted by Gasteiger charge is -2.35. The number of para-hydroxylation sites is 1. The van der Waals surface area contributed by atoms with E-state index in [2.05, 4.69) is 43.7 Å².